The number of aromatic nitrogens is 2. The first-order chi connectivity index (χ1) is 12.2. The summed E-state index contributed by atoms with van der Waals surface area (Å²) in [5, 5.41) is 2.56. The van der Waals surface area contributed by atoms with Crippen molar-refractivity contribution in [3.05, 3.63) is 36.2 Å². The molecule has 5 nitrogen and oxygen atoms in total. The summed E-state index contributed by atoms with van der Waals surface area (Å²) >= 11 is 0. The lowest BCUT2D eigenvalue weighted by molar-refractivity contribution is 0.0330. The van der Waals surface area contributed by atoms with Gasteiger partial charge in [0.05, 0.1) is 37.6 Å². The summed E-state index contributed by atoms with van der Waals surface area (Å²) in [6.45, 7) is 9.11. The lowest BCUT2D eigenvalue weighted by Gasteiger charge is -2.30. The van der Waals surface area contributed by atoms with E-state index in [4.69, 9.17) is 9.47 Å². The molecule has 0 amide bonds. The number of methoxy groups -OCH3 is 1. The van der Waals surface area contributed by atoms with Crippen LogP contribution in [0.2, 0.25) is 0 Å². The van der Waals surface area contributed by atoms with Gasteiger partial charge in [0, 0.05) is 48.7 Å². The number of nitrogens with zero attached hydrogens (tertiary/aromatic N) is 3. The summed E-state index contributed by atoms with van der Waals surface area (Å²) in [6, 6.07) is 6.72. The molecular formula is C20H25N3O2. The van der Waals surface area contributed by atoms with Crippen LogP contribution in [0.3, 0.4) is 0 Å². The van der Waals surface area contributed by atoms with Gasteiger partial charge in [0.2, 0.25) is 0 Å². The van der Waals surface area contributed by atoms with Gasteiger partial charge in [0.25, 0.3) is 0 Å². The highest BCUT2D eigenvalue weighted by molar-refractivity contribution is 6.09. The van der Waals surface area contributed by atoms with Crippen LogP contribution in [0.5, 0.6) is 5.75 Å². The van der Waals surface area contributed by atoms with Crippen LogP contribution in [0.15, 0.2) is 30.6 Å². The normalized spacial score (nSPS) is 17.2. The minimum Gasteiger partial charge on any atom is -0.497 e. The van der Waals surface area contributed by atoms with E-state index < -0.39 is 0 Å². The van der Waals surface area contributed by atoms with E-state index in [1.165, 1.54) is 27.4 Å². The van der Waals surface area contributed by atoms with Crippen LogP contribution in [0.1, 0.15) is 18.5 Å². The Morgan fingerprint density at radius 3 is 2.80 bits per heavy atom. The van der Waals surface area contributed by atoms with Crippen molar-refractivity contribution in [3.63, 3.8) is 0 Å². The molecule has 1 aromatic carbocycles. The van der Waals surface area contributed by atoms with E-state index in [1.807, 2.05) is 12.4 Å². The number of pyridine rings is 1. The van der Waals surface area contributed by atoms with Crippen LogP contribution in [-0.4, -0.2) is 54.4 Å². The Kier molecular flexibility index (Phi) is 4.36. The summed E-state index contributed by atoms with van der Waals surface area (Å²) in [6.07, 6.45) is 3.86. The fourth-order valence-electron chi connectivity index (χ4n) is 4.03. The van der Waals surface area contributed by atoms with Gasteiger partial charge < -0.3 is 14.0 Å². The van der Waals surface area contributed by atoms with E-state index in [9.17, 15) is 0 Å². The molecule has 1 aliphatic rings. The lowest BCUT2D eigenvalue weighted by Crippen LogP contribution is -2.39. The van der Waals surface area contributed by atoms with E-state index in [-0.39, 0.29) is 0 Å². The summed E-state index contributed by atoms with van der Waals surface area (Å²) in [4.78, 5) is 6.87. The maximum atomic E-state index is 5.53. The molecule has 1 saturated heterocycles. The molecule has 1 atom stereocenters. The molecule has 0 saturated carbocycles. The van der Waals surface area contributed by atoms with Crippen LogP contribution in [0.4, 0.5) is 0 Å². The Morgan fingerprint density at radius 1 is 1.24 bits per heavy atom. The fourth-order valence-corrected chi connectivity index (χ4v) is 4.03. The maximum Gasteiger partial charge on any atom is 0.121 e. The molecule has 0 N–H and O–H groups in total. The predicted molar refractivity (Wildman–Crippen MR) is 100 cm³/mol. The number of rotatable bonds is 4. The van der Waals surface area contributed by atoms with Crippen molar-refractivity contribution in [2.24, 2.45) is 0 Å². The topological polar surface area (TPSA) is 39.5 Å². The second-order valence-electron chi connectivity index (χ2n) is 6.86. The van der Waals surface area contributed by atoms with Gasteiger partial charge in [-0.15, -0.1) is 0 Å². The number of ether oxygens (including phenoxy) is 2. The summed E-state index contributed by atoms with van der Waals surface area (Å²) < 4.78 is 13.4. The molecular weight excluding hydrogens is 314 g/mol. The number of hydrogen-bond acceptors (Lipinski definition) is 4. The molecule has 1 aliphatic heterocycles. The molecule has 1 fully saturated rings. The van der Waals surface area contributed by atoms with Gasteiger partial charge in [-0.3, -0.25) is 9.88 Å². The third-order valence-electron chi connectivity index (χ3n) is 5.18. The molecule has 0 aliphatic carbocycles. The first-order valence-corrected chi connectivity index (χ1v) is 8.91. The zero-order chi connectivity index (χ0) is 17.4. The Morgan fingerprint density at radius 2 is 2.04 bits per heavy atom. The van der Waals surface area contributed by atoms with Crippen LogP contribution in [0.25, 0.3) is 21.8 Å². The largest absolute Gasteiger partial charge is 0.497 e. The number of fused-ring (bicyclic) bond motifs is 3. The highest BCUT2D eigenvalue weighted by atomic mass is 16.5. The van der Waals surface area contributed by atoms with Gasteiger partial charge in [-0.1, -0.05) is 0 Å². The fraction of sp³-hybridized carbons (Fsp3) is 0.450. The van der Waals surface area contributed by atoms with Crippen molar-refractivity contribution in [2.75, 3.05) is 40.0 Å². The van der Waals surface area contributed by atoms with Crippen molar-refractivity contribution in [2.45, 2.75) is 19.9 Å². The Hall–Kier alpha value is -2.11. The zero-order valence-corrected chi connectivity index (χ0v) is 15.2. The number of morpholine rings is 1. The van der Waals surface area contributed by atoms with Crippen LogP contribution in [0, 0.1) is 6.92 Å². The molecule has 5 heteroatoms. The van der Waals surface area contributed by atoms with E-state index in [0.29, 0.717) is 6.04 Å². The van der Waals surface area contributed by atoms with E-state index in [1.54, 1.807) is 7.11 Å². The molecule has 0 bridgehead atoms. The summed E-state index contributed by atoms with van der Waals surface area (Å²) in [5.74, 6) is 0.903. The molecule has 2 aromatic heterocycles. The standard InChI is InChI=1S/C20H25N3O2/c1-14-10-16(24-3)11-18-20(14)17-4-5-21-12-19(17)23(18)15(2)13-22-6-8-25-9-7-22/h4-5,10-12,15H,6-9,13H2,1-3H3. The molecule has 3 aromatic rings. The van der Waals surface area contributed by atoms with Gasteiger partial charge in [-0.25, -0.2) is 0 Å². The van der Waals surface area contributed by atoms with Gasteiger partial charge in [-0.05, 0) is 31.5 Å². The Bertz CT molecular complexity index is 897. The number of aryl methyl sites for hydroxylation is 1. The highest BCUT2D eigenvalue weighted by Crippen LogP contribution is 2.36. The molecule has 3 heterocycles. The minimum atomic E-state index is 0.341. The molecule has 0 spiro atoms. The van der Waals surface area contributed by atoms with Gasteiger partial charge in [0.1, 0.15) is 5.75 Å². The monoisotopic (exact) mass is 339 g/mol. The smallest absolute Gasteiger partial charge is 0.121 e. The minimum absolute atomic E-state index is 0.341. The molecule has 1 unspecified atom stereocenters. The third-order valence-corrected chi connectivity index (χ3v) is 5.18. The maximum absolute atomic E-state index is 5.53. The molecule has 132 valence electrons. The summed E-state index contributed by atoms with van der Waals surface area (Å²) in [7, 11) is 1.73. The number of benzene rings is 1. The Balaban J connectivity index is 1.86. The average Bonchev–Trinajstić information content (AvgIpc) is 2.97. The second-order valence-corrected chi connectivity index (χ2v) is 6.86. The van der Waals surface area contributed by atoms with E-state index in [0.717, 1.165) is 38.6 Å². The summed E-state index contributed by atoms with van der Waals surface area (Å²) in [5.41, 5.74) is 3.65. The van der Waals surface area contributed by atoms with Crippen molar-refractivity contribution in [3.8, 4) is 5.75 Å². The van der Waals surface area contributed by atoms with Crippen molar-refractivity contribution in [1.82, 2.24) is 14.5 Å². The SMILES string of the molecule is COc1cc(C)c2c3ccncc3n(C(C)CN3CCOCC3)c2c1. The third kappa shape index (κ3) is 2.87. The first-order valence-electron chi connectivity index (χ1n) is 8.91. The Labute approximate surface area is 148 Å². The van der Waals surface area contributed by atoms with Crippen molar-refractivity contribution in [1.29, 1.82) is 0 Å². The van der Waals surface area contributed by atoms with Gasteiger partial charge in [-0.2, -0.15) is 0 Å². The second kappa shape index (κ2) is 6.65. The van der Waals surface area contributed by atoms with Crippen LogP contribution in [-0.2, 0) is 4.74 Å². The molecule has 25 heavy (non-hydrogen) atoms. The van der Waals surface area contributed by atoms with Crippen LogP contribution >= 0.6 is 0 Å². The zero-order valence-electron chi connectivity index (χ0n) is 15.2. The van der Waals surface area contributed by atoms with Crippen LogP contribution < -0.4 is 4.74 Å². The van der Waals surface area contributed by atoms with Gasteiger partial charge in [0.15, 0.2) is 0 Å². The number of hydrogen-bond donors (Lipinski definition) is 0. The van der Waals surface area contributed by atoms with E-state index in [2.05, 4.69) is 46.5 Å². The first kappa shape index (κ1) is 16.4. The van der Waals surface area contributed by atoms with Crippen molar-refractivity contribution < 1.29 is 9.47 Å². The van der Waals surface area contributed by atoms with Crippen molar-refractivity contribution >= 4 is 21.8 Å². The molecule has 0 radical (unpaired) electrons. The lowest BCUT2D eigenvalue weighted by atomic mass is 10.1. The predicted octanol–water partition coefficient (Wildman–Crippen LogP) is 3.40. The van der Waals surface area contributed by atoms with Gasteiger partial charge >= 0.3 is 0 Å². The average molecular weight is 339 g/mol. The quantitative estimate of drug-likeness (QED) is 0.730. The molecule has 4 rings (SSSR count). The highest BCUT2D eigenvalue weighted by Gasteiger charge is 2.20. The van der Waals surface area contributed by atoms with E-state index >= 15 is 0 Å².